The maximum absolute atomic E-state index is 10.8. The van der Waals surface area contributed by atoms with Crippen molar-refractivity contribution in [2.75, 3.05) is 7.11 Å². The molecule has 1 atom stereocenters. The van der Waals surface area contributed by atoms with Crippen LogP contribution in [0.4, 0.5) is 0 Å². The standard InChI is InChI=1S/C12H17NO2/c1-9(14)3-8-12(13)10-4-6-11(15-2)7-5-10/h4-7,12H,3,8,13H2,1-2H3. The van der Waals surface area contributed by atoms with Crippen molar-refractivity contribution in [1.82, 2.24) is 0 Å². The maximum atomic E-state index is 10.8. The highest BCUT2D eigenvalue weighted by atomic mass is 16.5. The molecule has 0 radical (unpaired) electrons. The zero-order valence-corrected chi connectivity index (χ0v) is 9.19. The molecule has 3 nitrogen and oxygen atoms in total. The van der Waals surface area contributed by atoms with E-state index in [2.05, 4.69) is 0 Å². The fourth-order valence-electron chi connectivity index (χ4n) is 1.38. The summed E-state index contributed by atoms with van der Waals surface area (Å²) in [6.45, 7) is 1.58. The van der Waals surface area contributed by atoms with Gasteiger partial charge in [-0.2, -0.15) is 0 Å². The largest absolute Gasteiger partial charge is 0.497 e. The lowest BCUT2D eigenvalue weighted by Crippen LogP contribution is -2.11. The summed E-state index contributed by atoms with van der Waals surface area (Å²) in [7, 11) is 1.63. The predicted molar refractivity (Wildman–Crippen MR) is 59.8 cm³/mol. The van der Waals surface area contributed by atoms with Crippen molar-refractivity contribution in [3.63, 3.8) is 0 Å². The van der Waals surface area contributed by atoms with Gasteiger partial charge in [-0.1, -0.05) is 12.1 Å². The molecule has 2 N–H and O–H groups in total. The first-order valence-electron chi connectivity index (χ1n) is 5.02. The normalized spacial score (nSPS) is 12.2. The monoisotopic (exact) mass is 207 g/mol. The number of hydrogen-bond donors (Lipinski definition) is 1. The van der Waals surface area contributed by atoms with E-state index in [0.717, 1.165) is 11.3 Å². The first-order chi connectivity index (χ1) is 7.13. The molecule has 1 unspecified atom stereocenters. The van der Waals surface area contributed by atoms with Crippen molar-refractivity contribution in [2.24, 2.45) is 5.73 Å². The Hall–Kier alpha value is -1.35. The quantitative estimate of drug-likeness (QED) is 0.804. The number of nitrogens with two attached hydrogens (primary N) is 1. The van der Waals surface area contributed by atoms with Gasteiger partial charge < -0.3 is 15.3 Å². The summed E-state index contributed by atoms with van der Waals surface area (Å²) in [6.07, 6.45) is 1.23. The third-order valence-electron chi connectivity index (χ3n) is 2.35. The fourth-order valence-corrected chi connectivity index (χ4v) is 1.38. The molecule has 0 bridgehead atoms. The molecule has 0 aliphatic carbocycles. The first-order valence-corrected chi connectivity index (χ1v) is 5.02. The molecule has 1 aromatic carbocycles. The van der Waals surface area contributed by atoms with Crippen molar-refractivity contribution >= 4 is 5.78 Å². The lowest BCUT2D eigenvalue weighted by atomic mass is 10.0. The van der Waals surface area contributed by atoms with Crippen LogP contribution in [0.25, 0.3) is 0 Å². The van der Waals surface area contributed by atoms with E-state index >= 15 is 0 Å². The smallest absolute Gasteiger partial charge is 0.129 e. The Morgan fingerprint density at radius 2 is 2.00 bits per heavy atom. The van der Waals surface area contributed by atoms with Crippen LogP contribution in [0.3, 0.4) is 0 Å². The van der Waals surface area contributed by atoms with E-state index in [1.807, 2.05) is 24.3 Å². The highest BCUT2D eigenvalue weighted by Gasteiger charge is 2.06. The van der Waals surface area contributed by atoms with E-state index < -0.39 is 0 Å². The Kier molecular flexibility index (Phi) is 4.31. The van der Waals surface area contributed by atoms with Gasteiger partial charge in [0.25, 0.3) is 0 Å². The van der Waals surface area contributed by atoms with Crippen molar-refractivity contribution in [3.05, 3.63) is 29.8 Å². The summed E-state index contributed by atoms with van der Waals surface area (Å²) in [5, 5.41) is 0. The van der Waals surface area contributed by atoms with Crippen LogP contribution in [0.5, 0.6) is 5.75 Å². The molecule has 0 saturated carbocycles. The molecule has 0 fully saturated rings. The number of carbonyl (C=O) groups is 1. The van der Waals surface area contributed by atoms with Gasteiger partial charge in [-0.15, -0.1) is 0 Å². The van der Waals surface area contributed by atoms with Crippen LogP contribution in [-0.4, -0.2) is 12.9 Å². The van der Waals surface area contributed by atoms with Crippen LogP contribution < -0.4 is 10.5 Å². The Labute approximate surface area is 90.2 Å². The van der Waals surface area contributed by atoms with Gasteiger partial charge in [0, 0.05) is 12.5 Å². The third-order valence-corrected chi connectivity index (χ3v) is 2.35. The van der Waals surface area contributed by atoms with Crippen LogP contribution in [0.2, 0.25) is 0 Å². The topological polar surface area (TPSA) is 52.3 Å². The molecule has 15 heavy (non-hydrogen) atoms. The van der Waals surface area contributed by atoms with Gasteiger partial charge >= 0.3 is 0 Å². The van der Waals surface area contributed by atoms with Gasteiger partial charge in [-0.05, 0) is 31.0 Å². The predicted octanol–water partition coefficient (Wildman–Crippen LogP) is 2.06. The molecule has 0 aliphatic rings. The van der Waals surface area contributed by atoms with Gasteiger partial charge in [0.15, 0.2) is 0 Å². The number of benzene rings is 1. The van der Waals surface area contributed by atoms with Crippen LogP contribution in [0.15, 0.2) is 24.3 Å². The zero-order chi connectivity index (χ0) is 11.3. The second kappa shape index (κ2) is 5.51. The molecule has 3 heteroatoms. The van der Waals surface area contributed by atoms with Crippen molar-refractivity contribution in [2.45, 2.75) is 25.8 Å². The van der Waals surface area contributed by atoms with Crippen LogP contribution in [0, 0.1) is 0 Å². The fraction of sp³-hybridized carbons (Fsp3) is 0.417. The van der Waals surface area contributed by atoms with E-state index in [4.69, 9.17) is 10.5 Å². The second-order valence-corrected chi connectivity index (χ2v) is 3.62. The summed E-state index contributed by atoms with van der Waals surface area (Å²) in [4.78, 5) is 10.8. The SMILES string of the molecule is COc1ccc(C(N)CCC(C)=O)cc1. The molecule has 0 aliphatic heterocycles. The third kappa shape index (κ3) is 3.72. The number of carbonyl (C=O) groups excluding carboxylic acids is 1. The van der Waals surface area contributed by atoms with Gasteiger partial charge in [0.1, 0.15) is 11.5 Å². The first kappa shape index (κ1) is 11.7. The molecule has 0 aromatic heterocycles. The van der Waals surface area contributed by atoms with E-state index in [-0.39, 0.29) is 11.8 Å². The molecular weight excluding hydrogens is 190 g/mol. The average Bonchev–Trinajstić information content (AvgIpc) is 2.26. The lowest BCUT2D eigenvalue weighted by molar-refractivity contribution is -0.117. The average molecular weight is 207 g/mol. The Bertz CT molecular complexity index is 319. The minimum absolute atomic E-state index is 0.0696. The van der Waals surface area contributed by atoms with E-state index in [0.29, 0.717) is 12.8 Å². The van der Waals surface area contributed by atoms with Crippen LogP contribution >= 0.6 is 0 Å². The van der Waals surface area contributed by atoms with E-state index in [9.17, 15) is 4.79 Å². The summed E-state index contributed by atoms with van der Waals surface area (Å²) in [5.41, 5.74) is 6.98. The molecule has 0 spiro atoms. The molecular formula is C12H17NO2. The molecule has 1 rings (SSSR count). The summed E-state index contributed by atoms with van der Waals surface area (Å²) in [6, 6.07) is 7.55. The molecule has 82 valence electrons. The molecule has 0 heterocycles. The van der Waals surface area contributed by atoms with Gasteiger partial charge in [-0.25, -0.2) is 0 Å². The lowest BCUT2D eigenvalue weighted by Gasteiger charge is -2.11. The summed E-state index contributed by atoms with van der Waals surface area (Å²) >= 11 is 0. The molecule has 1 aromatic rings. The van der Waals surface area contributed by atoms with Crippen molar-refractivity contribution in [3.8, 4) is 5.75 Å². The number of ketones is 1. The minimum Gasteiger partial charge on any atom is -0.497 e. The molecule has 0 amide bonds. The summed E-state index contributed by atoms with van der Waals surface area (Å²) in [5.74, 6) is 0.997. The number of rotatable bonds is 5. The van der Waals surface area contributed by atoms with E-state index in [1.165, 1.54) is 0 Å². The second-order valence-electron chi connectivity index (χ2n) is 3.62. The molecule has 0 saturated heterocycles. The minimum atomic E-state index is -0.0696. The van der Waals surface area contributed by atoms with Crippen molar-refractivity contribution in [1.29, 1.82) is 0 Å². The maximum Gasteiger partial charge on any atom is 0.129 e. The Morgan fingerprint density at radius 3 is 2.47 bits per heavy atom. The highest BCUT2D eigenvalue weighted by molar-refractivity contribution is 5.75. The Morgan fingerprint density at radius 1 is 1.40 bits per heavy atom. The van der Waals surface area contributed by atoms with Gasteiger partial charge in [-0.3, -0.25) is 0 Å². The highest BCUT2D eigenvalue weighted by Crippen LogP contribution is 2.19. The van der Waals surface area contributed by atoms with Gasteiger partial charge in [0.2, 0.25) is 0 Å². The van der Waals surface area contributed by atoms with Crippen LogP contribution in [0.1, 0.15) is 31.4 Å². The zero-order valence-electron chi connectivity index (χ0n) is 9.19. The van der Waals surface area contributed by atoms with Crippen molar-refractivity contribution < 1.29 is 9.53 Å². The summed E-state index contributed by atoms with van der Waals surface area (Å²) < 4.78 is 5.05. The number of hydrogen-bond acceptors (Lipinski definition) is 3. The van der Waals surface area contributed by atoms with E-state index in [1.54, 1.807) is 14.0 Å². The number of ether oxygens (including phenoxy) is 1. The van der Waals surface area contributed by atoms with Crippen LogP contribution in [-0.2, 0) is 4.79 Å². The number of Topliss-reactive ketones (excluding diaryl/α,β-unsaturated/α-hetero) is 1. The van der Waals surface area contributed by atoms with Gasteiger partial charge in [0.05, 0.1) is 7.11 Å². The number of methoxy groups -OCH3 is 1. The Balaban J connectivity index is 2.57.